The molecule has 2 heterocycles. The van der Waals surface area contributed by atoms with E-state index in [4.69, 9.17) is 44.3 Å². The minimum atomic E-state index is -0.911. The van der Waals surface area contributed by atoms with Gasteiger partial charge < -0.3 is 20.5 Å². The number of benzene rings is 3. The van der Waals surface area contributed by atoms with Gasteiger partial charge in [-0.3, -0.25) is 19.2 Å². The highest BCUT2D eigenvalue weighted by molar-refractivity contribution is 6.31. The maximum atomic E-state index is 13.6. The Morgan fingerprint density at radius 1 is 1.10 bits per heavy atom. The Labute approximate surface area is 239 Å². The topological polar surface area (TPSA) is 138 Å². The molecule has 40 heavy (non-hydrogen) atoms. The van der Waals surface area contributed by atoms with Gasteiger partial charge in [-0.1, -0.05) is 53.5 Å². The third kappa shape index (κ3) is 6.04. The molecule has 204 valence electrons. The fourth-order valence-corrected chi connectivity index (χ4v) is 4.56. The molecule has 0 radical (unpaired) electrons. The molecule has 3 aromatic carbocycles. The SMILES string of the molecule is N/C(Cl)=C\N(N)c1ccc(Cl)cc1-c1cc(=O)n(C(Cc2ccccc2)C(=O)Nc2ccc3c(c2)OCO3)cn1. The molecule has 12 heteroatoms. The molecule has 1 unspecified atom stereocenters. The van der Waals surface area contributed by atoms with Crippen molar-refractivity contribution in [2.24, 2.45) is 11.6 Å². The van der Waals surface area contributed by atoms with Crippen molar-refractivity contribution in [1.29, 1.82) is 0 Å². The van der Waals surface area contributed by atoms with Crippen LogP contribution in [0.4, 0.5) is 11.4 Å². The van der Waals surface area contributed by atoms with Crippen LogP contribution in [0.15, 0.2) is 95.3 Å². The van der Waals surface area contributed by atoms with E-state index in [9.17, 15) is 9.59 Å². The van der Waals surface area contributed by atoms with Crippen molar-refractivity contribution in [2.75, 3.05) is 17.1 Å². The number of nitrogens with zero attached hydrogens (tertiary/aromatic N) is 3. The first-order valence-electron chi connectivity index (χ1n) is 12.1. The number of nitrogens with one attached hydrogen (secondary N) is 1. The largest absolute Gasteiger partial charge is 0.454 e. The molecule has 0 bridgehead atoms. The molecular formula is C28H24Cl2N6O4. The first-order chi connectivity index (χ1) is 19.3. The highest BCUT2D eigenvalue weighted by atomic mass is 35.5. The van der Waals surface area contributed by atoms with Crippen molar-refractivity contribution in [1.82, 2.24) is 9.55 Å². The third-order valence-electron chi connectivity index (χ3n) is 6.16. The summed E-state index contributed by atoms with van der Waals surface area (Å²) < 4.78 is 12.0. The second-order valence-corrected chi connectivity index (χ2v) is 9.74. The molecular weight excluding hydrogens is 555 g/mol. The number of fused-ring (bicyclic) bond motifs is 1. The number of rotatable bonds is 8. The second kappa shape index (κ2) is 11.7. The van der Waals surface area contributed by atoms with Crippen LogP contribution in [0.1, 0.15) is 11.6 Å². The van der Waals surface area contributed by atoms with Gasteiger partial charge in [-0.15, -0.1) is 0 Å². The summed E-state index contributed by atoms with van der Waals surface area (Å²) in [6, 6.07) is 19.8. The zero-order valence-corrected chi connectivity index (χ0v) is 22.5. The monoisotopic (exact) mass is 578 g/mol. The molecule has 1 aliphatic heterocycles. The fourth-order valence-electron chi connectivity index (χ4n) is 4.29. The first-order valence-corrected chi connectivity index (χ1v) is 12.8. The van der Waals surface area contributed by atoms with Gasteiger partial charge in [0.25, 0.3) is 5.56 Å². The Bertz CT molecular complexity index is 1640. The molecule has 1 aromatic heterocycles. The molecule has 1 atom stereocenters. The van der Waals surface area contributed by atoms with Crippen molar-refractivity contribution < 1.29 is 14.3 Å². The Balaban J connectivity index is 1.50. The van der Waals surface area contributed by atoms with Gasteiger partial charge in [-0.05, 0) is 35.9 Å². The number of ether oxygens (including phenoxy) is 2. The van der Waals surface area contributed by atoms with Crippen LogP contribution in [0.2, 0.25) is 5.02 Å². The molecule has 4 aromatic rings. The van der Waals surface area contributed by atoms with Crippen molar-refractivity contribution in [3.63, 3.8) is 0 Å². The standard InChI is InChI=1S/C28H24Cl2N6O4/c29-18-6-8-22(36(32)14-26(30)31)20(11-18)21-13-27(37)35(15-33-21)23(10-17-4-2-1-3-5-17)28(38)34-19-7-9-24-25(12-19)40-16-39-24/h1-9,11-15,23H,10,16,31-32H2,(H,34,38)/b26-14-. The summed E-state index contributed by atoms with van der Waals surface area (Å²) in [5.41, 5.74) is 7.70. The van der Waals surface area contributed by atoms with E-state index < -0.39 is 17.5 Å². The third-order valence-corrected chi connectivity index (χ3v) is 6.49. The molecule has 1 aliphatic rings. The summed E-state index contributed by atoms with van der Waals surface area (Å²) in [5, 5.41) is 4.46. The number of anilines is 2. The number of hydrazine groups is 1. The van der Waals surface area contributed by atoms with Crippen LogP contribution in [-0.2, 0) is 11.2 Å². The van der Waals surface area contributed by atoms with E-state index in [1.165, 1.54) is 28.2 Å². The normalized spacial score (nSPS) is 13.1. The number of carbonyl (C=O) groups is 1. The van der Waals surface area contributed by atoms with Crippen molar-refractivity contribution in [2.45, 2.75) is 12.5 Å². The molecule has 5 N–H and O–H groups in total. The molecule has 0 aliphatic carbocycles. The van der Waals surface area contributed by atoms with Gasteiger partial charge in [-0.2, -0.15) is 0 Å². The van der Waals surface area contributed by atoms with Crippen LogP contribution in [0, 0.1) is 0 Å². The van der Waals surface area contributed by atoms with Crippen LogP contribution in [-0.4, -0.2) is 22.3 Å². The van der Waals surface area contributed by atoms with Crippen LogP contribution in [0.25, 0.3) is 11.3 Å². The number of hydrogen-bond donors (Lipinski definition) is 3. The van der Waals surface area contributed by atoms with Crippen molar-refractivity contribution in [3.05, 3.63) is 111 Å². The van der Waals surface area contributed by atoms with Crippen molar-refractivity contribution >= 4 is 40.5 Å². The van der Waals surface area contributed by atoms with E-state index in [-0.39, 0.29) is 18.4 Å². The van der Waals surface area contributed by atoms with E-state index in [2.05, 4.69) is 10.3 Å². The summed E-state index contributed by atoms with van der Waals surface area (Å²) in [7, 11) is 0. The minimum Gasteiger partial charge on any atom is -0.454 e. The number of aromatic nitrogens is 2. The highest BCUT2D eigenvalue weighted by Gasteiger charge is 2.24. The maximum absolute atomic E-state index is 13.6. The Morgan fingerprint density at radius 3 is 2.62 bits per heavy atom. The van der Waals surface area contributed by atoms with Gasteiger partial charge in [0, 0.05) is 34.8 Å². The highest BCUT2D eigenvalue weighted by Crippen LogP contribution is 2.35. The summed E-state index contributed by atoms with van der Waals surface area (Å²) in [6.45, 7) is 0.114. The molecule has 0 saturated heterocycles. The fraction of sp³-hybridized carbons (Fsp3) is 0.107. The zero-order valence-electron chi connectivity index (χ0n) is 21.0. The van der Waals surface area contributed by atoms with Crippen LogP contribution in [0.3, 0.4) is 0 Å². The number of halogens is 2. The van der Waals surface area contributed by atoms with Crippen LogP contribution >= 0.6 is 23.2 Å². The molecule has 5 rings (SSSR count). The summed E-state index contributed by atoms with van der Waals surface area (Å²) >= 11 is 12.0. The van der Waals surface area contributed by atoms with Crippen LogP contribution < -0.4 is 36.9 Å². The predicted molar refractivity (Wildman–Crippen MR) is 154 cm³/mol. The number of nitrogens with two attached hydrogens (primary N) is 2. The van der Waals surface area contributed by atoms with E-state index in [1.54, 1.807) is 36.4 Å². The first kappa shape index (κ1) is 27.1. The van der Waals surface area contributed by atoms with Crippen molar-refractivity contribution in [3.8, 4) is 22.8 Å². The van der Waals surface area contributed by atoms with Gasteiger partial charge in [0.15, 0.2) is 11.5 Å². The molecule has 10 nitrogen and oxygen atoms in total. The molecule has 0 spiro atoms. The number of amides is 1. The predicted octanol–water partition coefficient (Wildman–Crippen LogP) is 4.39. The van der Waals surface area contributed by atoms with Crippen LogP contribution in [0.5, 0.6) is 11.5 Å². The second-order valence-electron chi connectivity index (χ2n) is 8.87. The van der Waals surface area contributed by atoms with Gasteiger partial charge in [0.2, 0.25) is 12.7 Å². The van der Waals surface area contributed by atoms with Gasteiger partial charge >= 0.3 is 0 Å². The van der Waals surface area contributed by atoms with Gasteiger partial charge in [0.05, 0.1) is 23.9 Å². The van der Waals surface area contributed by atoms with E-state index in [1.807, 2.05) is 30.3 Å². The Morgan fingerprint density at radius 2 is 1.88 bits per heavy atom. The smallest absolute Gasteiger partial charge is 0.254 e. The average Bonchev–Trinajstić information content (AvgIpc) is 3.40. The van der Waals surface area contributed by atoms with Gasteiger partial charge in [-0.25, -0.2) is 10.8 Å². The lowest BCUT2D eigenvalue weighted by molar-refractivity contribution is -0.119. The lowest BCUT2D eigenvalue weighted by atomic mass is 10.0. The number of carbonyl (C=O) groups excluding carboxylic acids is 1. The van der Waals surface area contributed by atoms with Gasteiger partial charge in [0.1, 0.15) is 11.2 Å². The quantitative estimate of drug-likeness (QED) is 0.159. The lowest BCUT2D eigenvalue weighted by Crippen LogP contribution is -2.34. The molecule has 0 fully saturated rings. The lowest BCUT2D eigenvalue weighted by Gasteiger charge is -2.21. The Hall–Kier alpha value is -4.51. The zero-order chi connectivity index (χ0) is 28.2. The van der Waals surface area contributed by atoms with E-state index in [0.717, 1.165) is 5.56 Å². The summed E-state index contributed by atoms with van der Waals surface area (Å²) in [4.78, 5) is 31.5. The number of hydrogen-bond acceptors (Lipinski definition) is 8. The van der Waals surface area contributed by atoms with E-state index >= 15 is 0 Å². The van der Waals surface area contributed by atoms with E-state index in [0.29, 0.717) is 39.2 Å². The molecule has 0 saturated carbocycles. The average molecular weight is 579 g/mol. The maximum Gasteiger partial charge on any atom is 0.254 e. The minimum absolute atomic E-state index is 0.0380. The molecule has 1 amide bonds. The Kier molecular flexibility index (Phi) is 7.92. The summed E-state index contributed by atoms with van der Waals surface area (Å²) in [5.74, 6) is 6.82. The summed E-state index contributed by atoms with van der Waals surface area (Å²) in [6.07, 6.45) is 2.89.